The van der Waals surface area contributed by atoms with Crippen molar-refractivity contribution in [2.24, 2.45) is 5.41 Å². The van der Waals surface area contributed by atoms with Crippen molar-refractivity contribution in [1.29, 1.82) is 0 Å². The first-order chi connectivity index (χ1) is 8.94. The number of carboxylic acid groups (broad SMARTS) is 1. The molecule has 2 aliphatic carbocycles. The number of carbonyl (C=O) groups is 1. The minimum Gasteiger partial charge on any atom is -0.480 e. The SMILES string of the molecule is CC1(C)CCCC(NC2CCCCCC2)(C(=O)O)C1. The molecule has 0 aromatic rings. The van der Waals surface area contributed by atoms with Crippen molar-refractivity contribution in [1.82, 2.24) is 5.32 Å². The molecule has 0 aromatic heterocycles. The van der Waals surface area contributed by atoms with Crippen LogP contribution in [0.15, 0.2) is 0 Å². The van der Waals surface area contributed by atoms with E-state index in [4.69, 9.17) is 0 Å². The highest BCUT2D eigenvalue weighted by Gasteiger charge is 2.46. The van der Waals surface area contributed by atoms with Gasteiger partial charge in [-0.1, -0.05) is 46.0 Å². The molecule has 2 aliphatic rings. The highest BCUT2D eigenvalue weighted by atomic mass is 16.4. The lowest BCUT2D eigenvalue weighted by atomic mass is 9.67. The van der Waals surface area contributed by atoms with Crippen LogP contribution in [-0.2, 0) is 4.79 Å². The largest absolute Gasteiger partial charge is 0.480 e. The summed E-state index contributed by atoms with van der Waals surface area (Å²) in [5.74, 6) is -0.635. The van der Waals surface area contributed by atoms with Crippen LogP contribution in [-0.4, -0.2) is 22.7 Å². The highest BCUT2D eigenvalue weighted by Crippen LogP contribution is 2.41. The molecular formula is C16H29NO2. The number of nitrogens with one attached hydrogen (secondary N) is 1. The number of carboxylic acids is 1. The van der Waals surface area contributed by atoms with Gasteiger partial charge in [0.15, 0.2) is 0 Å². The summed E-state index contributed by atoms with van der Waals surface area (Å²) in [7, 11) is 0. The molecule has 0 aliphatic heterocycles. The van der Waals surface area contributed by atoms with E-state index in [0.717, 1.165) is 38.5 Å². The molecule has 0 aromatic carbocycles. The Morgan fingerprint density at radius 1 is 1.05 bits per heavy atom. The molecule has 2 N–H and O–H groups in total. The molecule has 0 amide bonds. The zero-order valence-electron chi connectivity index (χ0n) is 12.5. The predicted molar refractivity (Wildman–Crippen MR) is 77.2 cm³/mol. The van der Waals surface area contributed by atoms with Gasteiger partial charge in [-0.15, -0.1) is 0 Å². The molecule has 0 radical (unpaired) electrons. The van der Waals surface area contributed by atoms with E-state index in [1.54, 1.807) is 0 Å². The second-order valence-corrected chi connectivity index (χ2v) is 7.41. The average Bonchev–Trinajstić information content (AvgIpc) is 2.56. The Balaban J connectivity index is 2.08. The zero-order valence-corrected chi connectivity index (χ0v) is 12.5. The van der Waals surface area contributed by atoms with E-state index >= 15 is 0 Å². The molecular weight excluding hydrogens is 238 g/mol. The molecule has 0 heterocycles. The van der Waals surface area contributed by atoms with Crippen molar-refractivity contribution in [3.05, 3.63) is 0 Å². The molecule has 1 unspecified atom stereocenters. The lowest BCUT2D eigenvalue weighted by molar-refractivity contribution is -0.149. The molecule has 110 valence electrons. The van der Waals surface area contributed by atoms with Crippen LogP contribution in [0.25, 0.3) is 0 Å². The maximum Gasteiger partial charge on any atom is 0.323 e. The normalized spacial score (nSPS) is 32.7. The van der Waals surface area contributed by atoms with E-state index in [0.29, 0.717) is 6.04 Å². The standard InChI is InChI=1S/C16H29NO2/c1-15(2)10-7-11-16(12-15,14(18)19)17-13-8-5-3-4-6-9-13/h13,17H,3-12H2,1-2H3,(H,18,19). The van der Waals surface area contributed by atoms with Crippen LogP contribution in [0.5, 0.6) is 0 Å². The Morgan fingerprint density at radius 2 is 1.68 bits per heavy atom. The molecule has 2 saturated carbocycles. The predicted octanol–water partition coefficient (Wildman–Crippen LogP) is 3.72. The van der Waals surface area contributed by atoms with Crippen molar-refractivity contribution in [3.63, 3.8) is 0 Å². The molecule has 0 spiro atoms. The molecule has 3 heteroatoms. The van der Waals surface area contributed by atoms with Gasteiger partial charge < -0.3 is 5.11 Å². The van der Waals surface area contributed by atoms with Gasteiger partial charge in [0.2, 0.25) is 0 Å². The van der Waals surface area contributed by atoms with Gasteiger partial charge in [0, 0.05) is 6.04 Å². The van der Waals surface area contributed by atoms with E-state index in [1.807, 2.05) is 0 Å². The number of hydrogen-bond acceptors (Lipinski definition) is 2. The third kappa shape index (κ3) is 3.71. The number of aliphatic carboxylic acids is 1. The quantitative estimate of drug-likeness (QED) is 0.766. The maximum atomic E-state index is 11.9. The molecule has 2 rings (SSSR count). The van der Waals surface area contributed by atoms with Gasteiger partial charge in [0.05, 0.1) is 0 Å². The Labute approximate surface area is 117 Å². The van der Waals surface area contributed by atoms with E-state index < -0.39 is 11.5 Å². The third-order valence-corrected chi connectivity index (χ3v) is 4.98. The topological polar surface area (TPSA) is 49.3 Å². The minimum atomic E-state index is -0.670. The summed E-state index contributed by atoms with van der Waals surface area (Å²) in [4.78, 5) is 11.9. The molecule has 1 atom stereocenters. The molecule has 3 nitrogen and oxygen atoms in total. The summed E-state index contributed by atoms with van der Waals surface area (Å²) in [6, 6.07) is 0.410. The Kier molecular flexibility index (Phi) is 4.54. The van der Waals surface area contributed by atoms with Gasteiger partial charge in [0.25, 0.3) is 0 Å². The minimum absolute atomic E-state index is 0.147. The maximum absolute atomic E-state index is 11.9. The van der Waals surface area contributed by atoms with Crippen LogP contribution in [0, 0.1) is 5.41 Å². The van der Waals surface area contributed by atoms with E-state index in [9.17, 15) is 9.90 Å². The Bertz CT molecular complexity index is 319. The van der Waals surface area contributed by atoms with Gasteiger partial charge in [-0.3, -0.25) is 10.1 Å². The van der Waals surface area contributed by atoms with Gasteiger partial charge in [-0.25, -0.2) is 0 Å². The fourth-order valence-electron chi connectivity index (χ4n) is 4.04. The summed E-state index contributed by atoms with van der Waals surface area (Å²) in [5.41, 5.74) is -0.523. The third-order valence-electron chi connectivity index (χ3n) is 4.98. The lowest BCUT2D eigenvalue weighted by Crippen LogP contribution is -2.59. The molecule has 0 bridgehead atoms. The van der Waals surface area contributed by atoms with E-state index in [2.05, 4.69) is 19.2 Å². The second kappa shape index (κ2) is 5.82. The van der Waals surface area contributed by atoms with Crippen molar-refractivity contribution in [2.75, 3.05) is 0 Å². The van der Waals surface area contributed by atoms with Crippen LogP contribution in [0.4, 0.5) is 0 Å². The van der Waals surface area contributed by atoms with Gasteiger partial charge in [-0.05, 0) is 37.5 Å². The van der Waals surface area contributed by atoms with Crippen molar-refractivity contribution in [2.45, 2.75) is 89.6 Å². The summed E-state index contributed by atoms with van der Waals surface area (Å²) in [6.07, 6.45) is 11.1. The fraction of sp³-hybridized carbons (Fsp3) is 0.938. The first-order valence-electron chi connectivity index (χ1n) is 7.95. The second-order valence-electron chi connectivity index (χ2n) is 7.41. The Morgan fingerprint density at radius 3 is 2.21 bits per heavy atom. The zero-order chi connectivity index (χ0) is 13.9. The molecule has 2 fully saturated rings. The van der Waals surface area contributed by atoms with Gasteiger partial charge in [0.1, 0.15) is 5.54 Å². The fourth-order valence-corrected chi connectivity index (χ4v) is 4.04. The van der Waals surface area contributed by atoms with Gasteiger partial charge in [-0.2, -0.15) is 0 Å². The van der Waals surface area contributed by atoms with Crippen molar-refractivity contribution in [3.8, 4) is 0 Å². The van der Waals surface area contributed by atoms with Crippen LogP contribution in [0.3, 0.4) is 0 Å². The summed E-state index contributed by atoms with van der Waals surface area (Å²) >= 11 is 0. The first kappa shape index (κ1) is 14.8. The number of rotatable bonds is 3. The average molecular weight is 267 g/mol. The Hall–Kier alpha value is -0.570. The van der Waals surface area contributed by atoms with Crippen LogP contribution >= 0.6 is 0 Å². The highest BCUT2D eigenvalue weighted by molar-refractivity contribution is 5.79. The number of hydrogen-bond donors (Lipinski definition) is 2. The van der Waals surface area contributed by atoms with Crippen LogP contribution in [0.1, 0.15) is 78.1 Å². The van der Waals surface area contributed by atoms with Crippen molar-refractivity contribution < 1.29 is 9.90 Å². The monoisotopic (exact) mass is 267 g/mol. The van der Waals surface area contributed by atoms with E-state index in [1.165, 1.54) is 25.7 Å². The summed E-state index contributed by atoms with van der Waals surface area (Å²) < 4.78 is 0. The van der Waals surface area contributed by atoms with E-state index in [-0.39, 0.29) is 5.41 Å². The lowest BCUT2D eigenvalue weighted by Gasteiger charge is -2.44. The van der Waals surface area contributed by atoms with Crippen LogP contribution < -0.4 is 5.32 Å². The molecule has 0 saturated heterocycles. The van der Waals surface area contributed by atoms with Crippen LogP contribution in [0.2, 0.25) is 0 Å². The first-order valence-corrected chi connectivity index (χ1v) is 7.95. The smallest absolute Gasteiger partial charge is 0.323 e. The van der Waals surface area contributed by atoms with Crippen molar-refractivity contribution >= 4 is 5.97 Å². The molecule has 19 heavy (non-hydrogen) atoms. The van der Waals surface area contributed by atoms with Gasteiger partial charge >= 0.3 is 5.97 Å². The summed E-state index contributed by atoms with van der Waals surface area (Å²) in [5, 5.41) is 13.3. The summed E-state index contributed by atoms with van der Waals surface area (Å²) in [6.45, 7) is 4.41.